The molecule has 0 aliphatic carbocycles. The van der Waals surface area contributed by atoms with E-state index in [4.69, 9.17) is 10.2 Å². The van der Waals surface area contributed by atoms with Gasteiger partial charge in [-0.05, 0) is 6.92 Å². The van der Waals surface area contributed by atoms with Crippen LogP contribution in [0, 0.1) is 5.92 Å². The minimum absolute atomic E-state index is 0.0648. The van der Waals surface area contributed by atoms with Crippen molar-refractivity contribution in [2.24, 2.45) is 5.92 Å². The molecule has 0 spiro atoms. The lowest BCUT2D eigenvalue weighted by atomic mass is 9.88. The molecule has 0 aliphatic rings. The summed E-state index contributed by atoms with van der Waals surface area (Å²) in [6.45, 7) is 1.79. The molecule has 48 valence electrons. The van der Waals surface area contributed by atoms with Crippen LogP contribution in [0.1, 0.15) is 6.92 Å². The van der Waals surface area contributed by atoms with E-state index < -0.39 is 0 Å². The van der Waals surface area contributed by atoms with E-state index in [1.165, 1.54) is 0 Å². The molecule has 0 amide bonds. The Morgan fingerprint density at radius 3 is 2.12 bits per heavy atom. The molecule has 0 saturated heterocycles. The second-order valence-corrected chi connectivity index (χ2v) is 2.09. The smallest absolute Gasteiger partial charge is 0.101 e. The van der Waals surface area contributed by atoms with Crippen LogP contribution in [0.4, 0.5) is 0 Å². The zero-order valence-electron chi connectivity index (χ0n) is 5.46. The van der Waals surface area contributed by atoms with Gasteiger partial charge in [-0.25, -0.2) is 0 Å². The number of aliphatic hydroxyl groups is 2. The minimum Gasteiger partial charge on any atom is -0.396 e. The second-order valence-electron chi connectivity index (χ2n) is 2.09. The number of rotatable bonds is 3. The van der Waals surface area contributed by atoms with Gasteiger partial charge in [-0.15, -0.1) is 0 Å². The predicted octanol–water partition coefficient (Wildman–Crippen LogP) is -0.973. The van der Waals surface area contributed by atoms with Gasteiger partial charge in [0.05, 0.1) is 6.10 Å². The molecule has 0 radical (unpaired) electrons. The van der Waals surface area contributed by atoms with Crippen molar-refractivity contribution in [1.82, 2.24) is 0 Å². The molecule has 2 atom stereocenters. The predicted molar refractivity (Wildman–Crippen MR) is 35.6 cm³/mol. The van der Waals surface area contributed by atoms with Crippen LogP contribution in [0.5, 0.6) is 0 Å². The van der Waals surface area contributed by atoms with Gasteiger partial charge in [0.25, 0.3) is 0 Å². The Bertz CT molecular complexity index is 52.4. The average Bonchev–Trinajstić information content (AvgIpc) is 1.69. The van der Waals surface area contributed by atoms with Gasteiger partial charge in [0.1, 0.15) is 7.85 Å². The fourth-order valence-electron chi connectivity index (χ4n) is 0.623. The Hall–Kier alpha value is -0.0151. The summed E-state index contributed by atoms with van der Waals surface area (Å²) in [5, 5.41) is 17.4. The summed E-state index contributed by atoms with van der Waals surface area (Å²) in [5.41, 5.74) is 0. The van der Waals surface area contributed by atoms with Gasteiger partial charge in [0, 0.05) is 12.5 Å². The molecule has 0 aliphatic heterocycles. The van der Waals surface area contributed by atoms with Crippen molar-refractivity contribution in [3.8, 4) is 0 Å². The van der Waals surface area contributed by atoms with Gasteiger partial charge in [-0.1, -0.05) is 6.32 Å². The fourth-order valence-corrected chi connectivity index (χ4v) is 0.623. The van der Waals surface area contributed by atoms with E-state index in [-0.39, 0.29) is 18.6 Å². The quantitative estimate of drug-likeness (QED) is 0.465. The molecule has 3 heteroatoms. The summed E-state index contributed by atoms with van der Waals surface area (Å²) in [4.78, 5) is 0. The Kier molecular flexibility index (Phi) is 3.92. The highest BCUT2D eigenvalue weighted by Crippen LogP contribution is 2.04. The van der Waals surface area contributed by atoms with Crippen molar-refractivity contribution in [2.45, 2.75) is 19.3 Å². The lowest BCUT2D eigenvalue weighted by molar-refractivity contribution is 0.0917. The number of hydrogen-bond donors (Lipinski definition) is 2. The average molecular weight is 116 g/mol. The first-order valence-corrected chi connectivity index (χ1v) is 3.01. The Morgan fingerprint density at radius 1 is 1.62 bits per heavy atom. The van der Waals surface area contributed by atoms with Gasteiger partial charge < -0.3 is 10.2 Å². The molecule has 2 N–H and O–H groups in total. The standard InChI is InChI=1S/C5H13BO2/c1-4(8)5(2-6)3-7/h4-5,7-8H,2-3,6H2,1H3. The molecule has 0 rings (SSSR count). The summed E-state index contributed by atoms with van der Waals surface area (Å²) in [7, 11) is 1.95. The zero-order valence-corrected chi connectivity index (χ0v) is 5.46. The minimum atomic E-state index is -0.370. The van der Waals surface area contributed by atoms with E-state index in [0.717, 1.165) is 6.32 Å². The lowest BCUT2D eigenvalue weighted by Crippen LogP contribution is -2.19. The molecule has 0 bridgehead atoms. The van der Waals surface area contributed by atoms with Crippen molar-refractivity contribution in [1.29, 1.82) is 0 Å². The molecular formula is C5H13BO2. The third-order valence-corrected chi connectivity index (χ3v) is 1.44. The van der Waals surface area contributed by atoms with Crippen molar-refractivity contribution in [3.63, 3.8) is 0 Å². The van der Waals surface area contributed by atoms with Crippen molar-refractivity contribution in [2.75, 3.05) is 6.61 Å². The van der Waals surface area contributed by atoms with Gasteiger partial charge >= 0.3 is 0 Å². The van der Waals surface area contributed by atoms with Crippen molar-refractivity contribution < 1.29 is 10.2 Å². The topological polar surface area (TPSA) is 40.5 Å². The molecule has 0 aromatic carbocycles. The molecule has 2 nitrogen and oxygen atoms in total. The highest BCUT2D eigenvalue weighted by Gasteiger charge is 2.09. The first-order valence-electron chi connectivity index (χ1n) is 3.01. The zero-order chi connectivity index (χ0) is 6.57. The molecule has 0 aromatic rings. The molecule has 2 unspecified atom stereocenters. The molecular weight excluding hydrogens is 103 g/mol. The first kappa shape index (κ1) is 7.98. The Morgan fingerprint density at radius 2 is 2.12 bits per heavy atom. The van der Waals surface area contributed by atoms with Crippen LogP contribution in [-0.4, -0.2) is 30.8 Å². The summed E-state index contributed by atoms with van der Waals surface area (Å²) in [6.07, 6.45) is 0.471. The lowest BCUT2D eigenvalue weighted by Gasteiger charge is -2.13. The maximum absolute atomic E-state index is 8.85. The third-order valence-electron chi connectivity index (χ3n) is 1.44. The maximum atomic E-state index is 8.85. The molecule has 0 aromatic heterocycles. The van der Waals surface area contributed by atoms with E-state index >= 15 is 0 Å². The maximum Gasteiger partial charge on any atom is 0.101 e. The molecule has 0 saturated carbocycles. The van der Waals surface area contributed by atoms with E-state index in [0.29, 0.717) is 0 Å². The van der Waals surface area contributed by atoms with Crippen LogP contribution >= 0.6 is 0 Å². The highest BCUT2D eigenvalue weighted by molar-refractivity contribution is 6.08. The van der Waals surface area contributed by atoms with Gasteiger partial charge in [0.2, 0.25) is 0 Å². The highest BCUT2D eigenvalue weighted by atomic mass is 16.3. The van der Waals surface area contributed by atoms with Crippen LogP contribution in [0.15, 0.2) is 0 Å². The van der Waals surface area contributed by atoms with Gasteiger partial charge in [0.15, 0.2) is 0 Å². The summed E-state index contributed by atoms with van der Waals surface area (Å²) < 4.78 is 0. The van der Waals surface area contributed by atoms with Gasteiger partial charge in [-0.2, -0.15) is 0 Å². The van der Waals surface area contributed by atoms with Crippen molar-refractivity contribution >= 4 is 7.85 Å². The Balaban J connectivity index is 3.35. The van der Waals surface area contributed by atoms with Gasteiger partial charge in [-0.3, -0.25) is 0 Å². The van der Waals surface area contributed by atoms with Crippen LogP contribution < -0.4 is 0 Å². The third kappa shape index (κ3) is 2.33. The van der Waals surface area contributed by atoms with Crippen LogP contribution in [0.2, 0.25) is 6.32 Å². The Labute approximate surface area is 50.9 Å². The normalized spacial score (nSPS) is 17.9. The summed E-state index contributed by atoms with van der Waals surface area (Å²) in [6, 6.07) is 0. The van der Waals surface area contributed by atoms with Crippen LogP contribution in [-0.2, 0) is 0 Å². The van der Waals surface area contributed by atoms with E-state index in [2.05, 4.69) is 0 Å². The largest absolute Gasteiger partial charge is 0.396 e. The fraction of sp³-hybridized carbons (Fsp3) is 1.00. The SMILES string of the molecule is BCC(CO)C(C)O. The monoisotopic (exact) mass is 116 g/mol. The summed E-state index contributed by atoms with van der Waals surface area (Å²) in [5.74, 6) is 0.0648. The number of aliphatic hydroxyl groups excluding tert-OH is 2. The molecule has 0 fully saturated rings. The van der Waals surface area contributed by atoms with Crippen LogP contribution in [0.25, 0.3) is 0 Å². The van der Waals surface area contributed by atoms with E-state index in [9.17, 15) is 0 Å². The first-order chi connectivity index (χ1) is 3.72. The van der Waals surface area contributed by atoms with E-state index in [1.54, 1.807) is 6.92 Å². The molecule has 0 heterocycles. The molecule has 8 heavy (non-hydrogen) atoms. The van der Waals surface area contributed by atoms with E-state index in [1.807, 2.05) is 7.85 Å². The van der Waals surface area contributed by atoms with Crippen LogP contribution in [0.3, 0.4) is 0 Å². The summed E-state index contributed by atoms with van der Waals surface area (Å²) >= 11 is 0. The second kappa shape index (κ2) is 3.92. The van der Waals surface area contributed by atoms with Crippen molar-refractivity contribution in [3.05, 3.63) is 0 Å². The number of hydrogen-bond acceptors (Lipinski definition) is 2.